The van der Waals surface area contributed by atoms with E-state index in [0.717, 1.165) is 49.6 Å². The van der Waals surface area contributed by atoms with E-state index in [0.29, 0.717) is 13.2 Å². The number of fused-ring (bicyclic) bond motifs is 1. The van der Waals surface area contributed by atoms with Crippen LogP contribution in [0.3, 0.4) is 0 Å². The average molecular weight is 300 g/mol. The second-order valence-electron chi connectivity index (χ2n) is 5.79. The van der Waals surface area contributed by atoms with Crippen LogP contribution < -0.4 is 4.74 Å². The zero-order valence-corrected chi connectivity index (χ0v) is 12.5. The molecule has 0 bridgehead atoms. The molecule has 1 aromatic carbocycles. The van der Waals surface area contributed by atoms with Crippen LogP contribution in [0.15, 0.2) is 30.5 Å². The Morgan fingerprint density at radius 2 is 2.32 bits per heavy atom. The Hall–Kier alpha value is -1.85. The van der Waals surface area contributed by atoms with Crippen molar-refractivity contribution in [3.05, 3.63) is 36.0 Å². The lowest BCUT2D eigenvalue weighted by Crippen LogP contribution is -2.14. The van der Waals surface area contributed by atoms with Crippen molar-refractivity contribution in [2.75, 3.05) is 19.8 Å². The van der Waals surface area contributed by atoms with E-state index in [1.807, 2.05) is 10.9 Å². The van der Waals surface area contributed by atoms with E-state index in [4.69, 9.17) is 14.2 Å². The van der Waals surface area contributed by atoms with Gasteiger partial charge in [0.2, 0.25) is 5.88 Å². The largest absolute Gasteiger partial charge is 0.477 e. The Morgan fingerprint density at radius 1 is 1.32 bits per heavy atom. The maximum absolute atomic E-state index is 5.90. The average Bonchev–Trinajstić information content (AvgIpc) is 3.23. The number of rotatable bonds is 4. The summed E-state index contributed by atoms with van der Waals surface area (Å²) in [7, 11) is 0. The van der Waals surface area contributed by atoms with Crippen LogP contribution in [0.4, 0.5) is 0 Å². The van der Waals surface area contributed by atoms with Gasteiger partial charge >= 0.3 is 0 Å². The minimum Gasteiger partial charge on any atom is -0.477 e. The molecule has 5 heteroatoms. The number of hydrogen-bond donors (Lipinski definition) is 0. The molecule has 0 saturated carbocycles. The van der Waals surface area contributed by atoms with Crippen LogP contribution >= 0.6 is 0 Å². The molecule has 1 atom stereocenters. The van der Waals surface area contributed by atoms with Crippen molar-refractivity contribution in [1.82, 2.24) is 9.78 Å². The van der Waals surface area contributed by atoms with Crippen molar-refractivity contribution in [3.8, 4) is 17.0 Å². The van der Waals surface area contributed by atoms with E-state index < -0.39 is 0 Å². The number of aryl methyl sites for hydroxylation is 1. The van der Waals surface area contributed by atoms with E-state index >= 15 is 0 Å². The number of aromatic nitrogens is 2. The molecule has 3 heterocycles. The molecule has 0 aliphatic carbocycles. The Labute approximate surface area is 129 Å². The van der Waals surface area contributed by atoms with E-state index in [2.05, 4.69) is 29.4 Å². The molecular weight excluding hydrogens is 280 g/mol. The molecule has 22 heavy (non-hydrogen) atoms. The minimum atomic E-state index is 0.232. The number of ether oxygens (including phenoxy) is 3. The molecule has 4 rings (SSSR count). The lowest BCUT2D eigenvalue weighted by Gasteiger charge is -2.16. The van der Waals surface area contributed by atoms with Crippen molar-refractivity contribution in [1.29, 1.82) is 0 Å². The minimum absolute atomic E-state index is 0.232. The summed E-state index contributed by atoms with van der Waals surface area (Å²) in [6.45, 7) is 3.84. The fourth-order valence-corrected chi connectivity index (χ4v) is 2.95. The van der Waals surface area contributed by atoms with Gasteiger partial charge in [-0.2, -0.15) is 5.10 Å². The quantitative estimate of drug-likeness (QED) is 0.871. The number of hydrogen-bond acceptors (Lipinski definition) is 4. The van der Waals surface area contributed by atoms with Gasteiger partial charge in [-0.1, -0.05) is 18.2 Å². The molecular formula is C17H20N2O3. The second-order valence-corrected chi connectivity index (χ2v) is 5.79. The van der Waals surface area contributed by atoms with Crippen LogP contribution in [0.5, 0.6) is 5.88 Å². The van der Waals surface area contributed by atoms with Gasteiger partial charge in [0.15, 0.2) is 0 Å². The Kier molecular flexibility index (Phi) is 3.83. The molecule has 2 aliphatic rings. The molecule has 1 aromatic heterocycles. The first-order valence-electron chi connectivity index (χ1n) is 7.87. The highest BCUT2D eigenvalue weighted by molar-refractivity contribution is 5.68. The highest BCUT2D eigenvalue weighted by atomic mass is 16.5. The highest BCUT2D eigenvalue weighted by Crippen LogP contribution is 2.32. The summed E-state index contributed by atoms with van der Waals surface area (Å²) in [5.74, 6) is 0.883. The molecule has 2 aliphatic heterocycles. The van der Waals surface area contributed by atoms with Crippen molar-refractivity contribution < 1.29 is 14.2 Å². The summed E-state index contributed by atoms with van der Waals surface area (Å²) >= 11 is 0. The molecule has 116 valence electrons. The van der Waals surface area contributed by atoms with Gasteiger partial charge in [-0.25, -0.2) is 4.68 Å². The van der Waals surface area contributed by atoms with Crippen molar-refractivity contribution in [3.63, 3.8) is 0 Å². The van der Waals surface area contributed by atoms with Crippen LogP contribution in [0.1, 0.15) is 18.4 Å². The zero-order valence-electron chi connectivity index (χ0n) is 12.5. The molecule has 0 spiro atoms. The number of benzene rings is 1. The summed E-state index contributed by atoms with van der Waals surface area (Å²) in [4.78, 5) is 0. The first kappa shape index (κ1) is 13.8. The van der Waals surface area contributed by atoms with Crippen LogP contribution in [0.2, 0.25) is 0 Å². The standard InChI is InChI=1S/C17H20N2O3/c1-3-13(11-22-15-5-8-20-12-15)9-14(4-1)16-10-18-19-6-2-7-21-17(16)19/h1,3-4,9-10,15H,2,5-8,11-12H2. The summed E-state index contributed by atoms with van der Waals surface area (Å²) in [5.41, 5.74) is 3.36. The van der Waals surface area contributed by atoms with Crippen molar-refractivity contribution in [2.45, 2.75) is 32.1 Å². The molecule has 2 aromatic rings. The SMILES string of the molecule is c1cc(COC2CCOC2)cc(-c2cnn3c2OCCC3)c1. The first-order valence-corrected chi connectivity index (χ1v) is 7.87. The summed E-state index contributed by atoms with van der Waals surface area (Å²) in [5, 5.41) is 4.42. The predicted octanol–water partition coefficient (Wildman–Crippen LogP) is 2.64. The van der Waals surface area contributed by atoms with Gasteiger partial charge in [0.05, 0.1) is 37.7 Å². The van der Waals surface area contributed by atoms with E-state index in [1.54, 1.807) is 0 Å². The van der Waals surface area contributed by atoms with Crippen molar-refractivity contribution >= 4 is 0 Å². The maximum atomic E-state index is 5.90. The van der Waals surface area contributed by atoms with Gasteiger partial charge in [-0.05, 0) is 23.6 Å². The van der Waals surface area contributed by atoms with Crippen LogP contribution in [0.25, 0.3) is 11.1 Å². The van der Waals surface area contributed by atoms with Gasteiger partial charge < -0.3 is 14.2 Å². The van der Waals surface area contributed by atoms with Crippen molar-refractivity contribution in [2.24, 2.45) is 0 Å². The third-order valence-electron chi connectivity index (χ3n) is 4.16. The Balaban J connectivity index is 1.52. The molecule has 1 saturated heterocycles. The van der Waals surface area contributed by atoms with Gasteiger partial charge in [0, 0.05) is 19.6 Å². The van der Waals surface area contributed by atoms with Crippen LogP contribution in [-0.4, -0.2) is 35.7 Å². The third-order valence-corrected chi connectivity index (χ3v) is 4.16. The Morgan fingerprint density at radius 3 is 3.23 bits per heavy atom. The van der Waals surface area contributed by atoms with E-state index in [-0.39, 0.29) is 6.10 Å². The smallest absolute Gasteiger partial charge is 0.219 e. The summed E-state index contributed by atoms with van der Waals surface area (Å²) in [6.07, 6.45) is 4.14. The van der Waals surface area contributed by atoms with Gasteiger partial charge in [-0.15, -0.1) is 0 Å². The molecule has 0 N–H and O–H groups in total. The van der Waals surface area contributed by atoms with E-state index in [1.165, 1.54) is 5.56 Å². The molecule has 0 radical (unpaired) electrons. The zero-order chi connectivity index (χ0) is 14.8. The second kappa shape index (κ2) is 6.10. The van der Waals surface area contributed by atoms with Crippen LogP contribution in [0, 0.1) is 0 Å². The Bertz CT molecular complexity index is 647. The summed E-state index contributed by atoms with van der Waals surface area (Å²) < 4.78 is 19.0. The molecule has 5 nitrogen and oxygen atoms in total. The van der Waals surface area contributed by atoms with E-state index in [9.17, 15) is 0 Å². The molecule has 1 fully saturated rings. The van der Waals surface area contributed by atoms with Gasteiger partial charge in [0.1, 0.15) is 0 Å². The van der Waals surface area contributed by atoms with Gasteiger partial charge in [0.25, 0.3) is 0 Å². The monoisotopic (exact) mass is 300 g/mol. The molecule has 0 amide bonds. The first-order chi connectivity index (χ1) is 10.9. The fourth-order valence-electron chi connectivity index (χ4n) is 2.95. The van der Waals surface area contributed by atoms with Gasteiger partial charge in [-0.3, -0.25) is 0 Å². The predicted molar refractivity (Wildman–Crippen MR) is 81.8 cm³/mol. The lowest BCUT2D eigenvalue weighted by molar-refractivity contribution is 0.0318. The summed E-state index contributed by atoms with van der Waals surface area (Å²) in [6, 6.07) is 8.41. The molecule has 1 unspecified atom stereocenters. The number of nitrogens with zero attached hydrogens (tertiary/aromatic N) is 2. The maximum Gasteiger partial charge on any atom is 0.219 e. The third kappa shape index (κ3) is 2.74. The lowest BCUT2D eigenvalue weighted by atomic mass is 10.1. The highest BCUT2D eigenvalue weighted by Gasteiger charge is 2.18. The fraction of sp³-hybridized carbons (Fsp3) is 0.471. The topological polar surface area (TPSA) is 45.5 Å². The normalized spacial score (nSPS) is 20.6. The van der Waals surface area contributed by atoms with Crippen LogP contribution in [-0.2, 0) is 22.6 Å².